The van der Waals surface area contributed by atoms with Crippen molar-refractivity contribution in [3.8, 4) is 5.75 Å². The van der Waals surface area contributed by atoms with Gasteiger partial charge in [-0.3, -0.25) is 9.59 Å². The number of halogens is 3. The number of alkyl halides is 3. The molecule has 0 atom stereocenters. The van der Waals surface area contributed by atoms with Gasteiger partial charge in [-0.2, -0.15) is 0 Å². The van der Waals surface area contributed by atoms with Crippen LogP contribution < -0.4 is 4.74 Å². The van der Waals surface area contributed by atoms with E-state index in [0.29, 0.717) is 5.56 Å². The van der Waals surface area contributed by atoms with Gasteiger partial charge in [-0.1, -0.05) is 12.1 Å². The van der Waals surface area contributed by atoms with E-state index in [1.807, 2.05) is 0 Å². The largest absolute Gasteiger partial charge is 0.573 e. The lowest BCUT2D eigenvalue weighted by Gasteiger charge is -2.09. The van der Waals surface area contributed by atoms with Crippen molar-refractivity contribution in [2.75, 3.05) is 7.11 Å². The summed E-state index contributed by atoms with van der Waals surface area (Å²) in [6.07, 6.45) is -5.28. The molecule has 110 valence electrons. The van der Waals surface area contributed by atoms with E-state index in [9.17, 15) is 22.8 Å². The summed E-state index contributed by atoms with van der Waals surface area (Å²) in [5, 5.41) is 0. The Morgan fingerprint density at radius 3 is 2.20 bits per heavy atom. The van der Waals surface area contributed by atoms with E-state index in [4.69, 9.17) is 4.74 Å². The SMILES string of the molecule is COC(=O)CC(=O)OCc1ccc(OC(F)(F)F)cc1. The van der Waals surface area contributed by atoms with Crippen LogP contribution in [-0.2, 0) is 25.7 Å². The number of hydrogen-bond donors (Lipinski definition) is 0. The average molecular weight is 292 g/mol. The van der Waals surface area contributed by atoms with E-state index in [-0.39, 0.29) is 12.4 Å². The average Bonchev–Trinajstić information content (AvgIpc) is 2.36. The van der Waals surface area contributed by atoms with E-state index >= 15 is 0 Å². The van der Waals surface area contributed by atoms with Gasteiger partial charge in [0.2, 0.25) is 0 Å². The van der Waals surface area contributed by atoms with Crippen LogP contribution in [0.2, 0.25) is 0 Å². The van der Waals surface area contributed by atoms with Gasteiger partial charge in [-0.05, 0) is 17.7 Å². The van der Waals surface area contributed by atoms with Crippen molar-refractivity contribution in [1.82, 2.24) is 0 Å². The van der Waals surface area contributed by atoms with Crippen LogP contribution in [0.4, 0.5) is 13.2 Å². The molecular weight excluding hydrogens is 281 g/mol. The molecule has 5 nitrogen and oxygen atoms in total. The molecule has 1 aromatic carbocycles. The molecule has 0 aliphatic rings. The molecule has 1 rings (SSSR count). The van der Waals surface area contributed by atoms with E-state index in [0.717, 1.165) is 19.2 Å². The molecule has 0 bridgehead atoms. The number of carbonyl (C=O) groups excluding carboxylic acids is 2. The van der Waals surface area contributed by atoms with Gasteiger partial charge in [-0.25, -0.2) is 0 Å². The predicted octanol–water partition coefficient (Wildman–Crippen LogP) is 2.19. The van der Waals surface area contributed by atoms with Gasteiger partial charge in [0.1, 0.15) is 18.8 Å². The Morgan fingerprint density at radius 2 is 1.70 bits per heavy atom. The molecule has 0 fully saturated rings. The predicted molar refractivity (Wildman–Crippen MR) is 59.6 cm³/mol. The molecule has 0 N–H and O–H groups in total. The summed E-state index contributed by atoms with van der Waals surface area (Å²) in [5.74, 6) is -1.89. The third kappa shape index (κ3) is 6.07. The minimum atomic E-state index is -4.76. The van der Waals surface area contributed by atoms with Gasteiger partial charge >= 0.3 is 18.3 Å². The molecule has 0 heterocycles. The van der Waals surface area contributed by atoms with Gasteiger partial charge in [0.15, 0.2) is 0 Å². The van der Waals surface area contributed by atoms with Crippen LogP contribution in [0.5, 0.6) is 5.75 Å². The lowest BCUT2D eigenvalue weighted by molar-refractivity contribution is -0.274. The fourth-order valence-corrected chi connectivity index (χ4v) is 1.19. The molecule has 1 aromatic rings. The molecule has 20 heavy (non-hydrogen) atoms. The summed E-state index contributed by atoms with van der Waals surface area (Å²) in [6, 6.07) is 4.81. The maximum atomic E-state index is 11.9. The quantitative estimate of drug-likeness (QED) is 0.615. The molecule has 0 radical (unpaired) electrons. The Labute approximate surface area is 112 Å². The summed E-state index contributed by atoms with van der Waals surface area (Å²) >= 11 is 0. The zero-order chi connectivity index (χ0) is 15.2. The fraction of sp³-hybridized carbons (Fsp3) is 0.333. The van der Waals surface area contributed by atoms with Crippen LogP contribution in [0.15, 0.2) is 24.3 Å². The van der Waals surface area contributed by atoms with Crippen LogP contribution in [-0.4, -0.2) is 25.4 Å². The minimum absolute atomic E-state index is 0.165. The van der Waals surface area contributed by atoms with Gasteiger partial charge in [0.25, 0.3) is 0 Å². The van der Waals surface area contributed by atoms with Crippen LogP contribution in [0.1, 0.15) is 12.0 Å². The summed E-state index contributed by atoms with van der Waals surface area (Å²) in [6.45, 7) is -0.165. The van der Waals surface area contributed by atoms with Crippen molar-refractivity contribution in [2.45, 2.75) is 19.4 Å². The first-order valence-corrected chi connectivity index (χ1v) is 5.37. The summed E-state index contributed by atoms with van der Waals surface area (Å²) < 4.78 is 48.4. The Kier molecular flexibility index (Phi) is 5.36. The topological polar surface area (TPSA) is 61.8 Å². The Morgan fingerprint density at radius 1 is 1.10 bits per heavy atom. The van der Waals surface area contributed by atoms with Crippen LogP contribution in [0.3, 0.4) is 0 Å². The first kappa shape index (κ1) is 15.8. The van der Waals surface area contributed by atoms with E-state index in [1.165, 1.54) is 12.1 Å². The number of esters is 2. The number of carbonyl (C=O) groups is 2. The van der Waals surface area contributed by atoms with Crippen LogP contribution in [0.25, 0.3) is 0 Å². The second kappa shape index (κ2) is 6.78. The van der Waals surface area contributed by atoms with Gasteiger partial charge in [-0.15, -0.1) is 13.2 Å². The van der Waals surface area contributed by atoms with E-state index < -0.39 is 24.7 Å². The lowest BCUT2D eigenvalue weighted by Crippen LogP contribution is -2.17. The Bertz CT molecular complexity index is 467. The zero-order valence-electron chi connectivity index (χ0n) is 10.4. The molecule has 0 amide bonds. The minimum Gasteiger partial charge on any atom is -0.469 e. The van der Waals surface area contributed by atoms with Crippen LogP contribution >= 0.6 is 0 Å². The zero-order valence-corrected chi connectivity index (χ0v) is 10.4. The van der Waals surface area contributed by atoms with Crippen molar-refractivity contribution >= 4 is 11.9 Å². The summed E-state index contributed by atoms with van der Waals surface area (Å²) in [5.41, 5.74) is 0.456. The van der Waals surface area contributed by atoms with Crippen molar-refractivity contribution < 1.29 is 37.0 Å². The highest BCUT2D eigenvalue weighted by atomic mass is 19.4. The standard InChI is InChI=1S/C12H11F3O5/c1-18-10(16)6-11(17)19-7-8-2-4-9(5-3-8)20-12(13,14)15/h2-5H,6-7H2,1H3. The monoisotopic (exact) mass is 292 g/mol. The number of benzene rings is 1. The van der Waals surface area contributed by atoms with Crippen molar-refractivity contribution in [1.29, 1.82) is 0 Å². The highest BCUT2D eigenvalue weighted by Gasteiger charge is 2.30. The second-order valence-corrected chi connectivity index (χ2v) is 3.61. The van der Waals surface area contributed by atoms with Gasteiger partial charge < -0.3 is 14.2 Å². The van der Waals surface area contributed by atoms with Crippen molar-refractivity contribution in [2.24, 2.45) is 0 Å². The highest BCUT2D eigenvalue weighted by Crippen LogP contribution is 2.22. The molecule has 8 heteroatoms. The molecule has 0 aliphatic heterocycles. The smallest absolute Gasteiger partial charge is 0.469 e. The molecular formula is C12H11F3O5. The van der Waals surface area contributed by atoms with E-state index in [1.54, 1.807) is 0 Å². The third-order valence-corrected chi connectivity index (χ3v) is 2.07. The fourth-order valence-electron chi connectivity index (χ4n) is 1.19. The number of methoxy groups -OCH3 is 1. The molecule has 0 aliphatic carbocycles. The van der Waals surface area contributed by atoms with Gasteiger partial charge in [0.05, 0.1) is 7.11 Å². The van der Waals surface area contributed by atoms with Crippen LogP contribution in [0, 0.1) is 0 Å². The molecule has 0 saturated heterocycles. The molecule has 0 saturated carbocycles. The number of hydrogen-bond acceptors (Lipinski definition) is 5. The Balaban J connectivity index is 2.46. The molecule has 0 unspecified atom stereocenters. The number of ether oxygens (including phenoxy) is 3. The highest BCUT2D eigenvalue weighted by molar-refractivity contribution is 5.91. The summed E-state index contributed by atoms with van der Waals surface area (Å²) in [4.78, 5) is 21.9. The normalized spacial score (nSPS) is 10.8. The number of rotatable bonds is 5. The molecule has 0 spiro atoms. The van der Waals surface area contributed by atoms with Crippen molar-refractivity contribution in [3.63, 3.8) is 0 Å². The Hall–Kier alpha value is -2.25. The van der Waals surface area contributed by atoms with E-state index in [2.05, 4.69) is 9.47 Å². The molecule has 0 aromatic heterocycles. The van der Waals surface area contributed by atoms with Gasteiger partial charge in [0, 0.05) is 0 Å². The first-order valence-electron chi connectivity index (χ1n) is 5.37. The lowest BCUT2D eigenvalue weighted by atomic mass is 10.2. The van der Waals surface area contributed by atoms with Crippen molar-refractivity contribution in [3.05, 3.63) is 29.8 Å². The maximum absolute atomic E-state index is 11.9. The summed E-state index contributed by atoms with van der Waals surface area (Å²) in [7, 11) is 1.13. The second-order valence-electron chi connectivity index (χ2n) is 3.61. The third-order valence-electron chi connectivity index (χ3n) is 2.07. The first-order chi connectivity index (χ1) is 9.30. The maximum Gasteiger partial charge on any atom is 0.573 e.